The Morgan fingerprint density at radius 2 is 1.48 bits per heavy atom. The molecule has 2 N–H and O–H groups in total. The lowest BCUT2D eigenvalue weighted by Gasteiger charge is -2.19. The normalized spacial score (nSPS) is 13.4. The van der Waals surface area contributed by atoms with Crippen LogP contribution in [0.25, 0.3) is 0 Å². The molecule has 1 unspecified atom stereocenters. The Morgan fingerprint density at radius 3 is 2.13 bits per heavy atom. The molecule has 0 bridgehead atoms. The van der Waals surface area contributed by atoms with E-state index < -0.39 is 8.32 Å². The summed E-state index contributed by atoms with van der Waals surface area (Å²) in [5.74, 6) is 0. The molecule has 0 fully saturated rings. The van der Waals surface area contributed by atoms with E-state index in [0.717, 1.165) is 12.8 Å². The van der Waals surface area contributed by atoms with Gasteiger partial charge in [0.05, 0.1) is 39.1 Å². The predicted octanol–water partition coefficient (Wildman–Crippen LogP) is 2.96. The van der Waals surface area contributed by atoms with Crippen molar-refractivity contribution in [2.45, 2.75) is 70.2 Å². The van der Waals surface area contributed by atoms with Crippen molar-refractivity contribution in [2.75, 3.05) is 40.1 Å². The summed E-state index contributed by atoms with van der Waals surface area (Å²) in [5, 5.41) is 18.3. The van der Waals surface area contributed by atoms with E-state index in [4.69, 9.17) is 19.0 Å². The molecule has 23 heavy (non-hydrogen) atoms. The summed E-state index contributed by atoms with van der Waals surface area (Å²) < 4.78 is 16.0. The van der Waals surface area contributed by atoms with E-state index >= 15 is 0 Å². The molecular formula is C17H38O5Si. The van der Waals surface area contributed by atoms with Gasteiger partial charge in [-0.15, -0.1) is 0 Å². The lowest BCUT2D eigenvalue weighted by molar-refractivity contribution is -0.00465. The molecule has 0 saturated heterocycles. The summed E-state index contributed by atoms with van der Waals surface area (Å²) in [7, 11) is 0.477. The summed E-state index contributed by atoms with van der Waals surface area (Å²) in [5.41, 5.74) is 0. The van der Waals surface area contributed by atoms with E-state index in [9.17, 15) is 5.11 Å². The summed E-state index contributed by atoms with van der Waals surface area (Å²) in [4.78, 5) is 0. The molecular weight excluding hydrogens is 312 g/mol. The van der Waals surface area contributed by atoms with E-state index in [-0.39, 0.29) is 12.7 Å². The molecule has 6 heteroatoms. The second kappa shape index (κ2) is 15.5. The predicted molar refractivity (Wildman–Crippen MR) is 96.3 cm³/mol. The third-order valence-electron chi connectivity index (χ3n) is 4.04. The van der Waals surface area contributed by atoms with Gasteiger partial charge >= 0.3 is 0 Å². The molecule has 0 radical (unpaired) electrons. The van der Waals surface area contributed by atoms with Gasteiger partial charge in [-0.1, -0.05) is 38.5 Å². The van der Waals surface area contributed by atoms with Gasteiger partial charge in [0.2, 0.25) is 0 Å². The van der Waals surface area contributed by atoms with Crippen molar-refractivity contribution in [3.63, 3.8) is 0 Å². The van der Waals surface area contributed by atoms with Gasteiger partial charge in [0.25, 0.3) is 0 Å². The first-order valence-electron chi connectivity index (χ1n) is 9.01. The molecule has 0 aliphatic heterocycles. The third-order valence-corrected chi connectivity index (χ3v) is 6.70. The molecule has 0 rings (SSSR count). The molecule has 140 valence electrons. The van der Waals surface area contributed by atoms with Crippen LogP contribution in [0.5, 0.6) is 0 Å². The van der Waals surface area contributed by atoms with Crippen LogP contribution in [0.15, 0.2) is 0 Å². The number of aliphatic hydroxyl groups excluding tert-OH is 2. The number of ether oxygens (including phenoxy) is 2. The van der Waals surface area contributed by atoms with Gasteiger partial charge < -0.3 is 24.1 Å². The van der Waals surface area contributed by atoms with Crippen molar-refractivity contribution in [3.8, 4) is 0 Å². The summed E-state index contributed by atoms with van der Waals surface area (Å²) in [6.45, 7) is 6.24. The number of hydrogen-bond donors (Lipinski definition) is 2. The number of hydrogen-bond acceptors (Lipinski definition) is 5. The van der Waals surface area contributed by atoms with Gasteiger partial charge in [-0.2, -0.15) is 0 Å². The van der Waals surface area contributed by atoms with Gasteiger partial charge in [0, 0.05) is 7.11 Å². The van der Waals surface area contributed by atoms with Crippen LogP contribution in [-0.4, -0.2) is 64.8 Å². The van der Waals surface area contributed by atoms with Crippen molar-refractivity contribution < 1.29 is 24.1 Å². The van der Waals surface area contributed by atoms with Crippen LogP contribution in [0.1, 0.15) is 44.9 Å². The van der Waals surface area contributed by atoms with Crippen molar-refractivity contribution in [2.24, 2.45) is 0 Å². The van der Waals surface area contributed by atoms with Crippen LogP contribution < -0.4 is 0 Å². The van der Waals surface area contributed by atoms with Crippen LogP contribution in [0.2, 0.25) is 19.1 Å². The molecule has 0 spiro atoms. The highest BCUT2D eigenvalue weighted by Crippen LogP contribution is 2.16. The molecule has 0 aromatic rings. The maximum atomic E-state index is 9.79. The number of aliphatic hydroxyl groups is 2. The minimum Gasteiger partial charge on any atom is -0.420 e. The highest BCUT2D eigenvalue weighted by atomic mass is 28.4. The minimum atomic E-state index is -1.36. The molecule has 1 atom stereocenters. The van der Waals surface area contributed by atoms with Crippen molar-refractivity contribution in [1.29, 1.82) is 0 Å². The fourth-order valence-corrected chi connectivity index (χ4v) is 3.63. The van der Waals surface area contributed by atoms with Crippen molar-refractivity contribution in [1.82, 2.24) is 0 Å². The average Bonchev–Trinajstić information content (AvgIpc) is 2.53. The van der Waals surface area contributed by atoms with E-state index in [2.05, 4.69) is 13.1 Å². The molecule has 0 amide bonds. The zero-order valence-electron chi connectivity index (χ0n) is 15.4. The van der Waals surface area contributed by atoms with Gasteiger partial charge in [0.15, 0.2) is 8.32 Å². The Labute approximate surface area is 143 Å². The number of unbranched alkanes of at least 4 members (excludes halogenated alkanes) is 5. The highest BCUT2D eigenvalue weighted by Gasteiger charge is 2.19. The second-order valence-corrected chi connectivity index (χ2v) is 11.1. The molecule has 0 aliphatic carbocycles. The molecule has 0 aromatic heterocycles. The SMILES string of the molecule is CO[Si](C)(C)CCCCCCCCC(O)COCCOCCO. The molecule has 0 aliphatic rings. The Kier molecular flexibility index (Phi) is 15.6. The second-order valence-electron chi connectivity index (χ2n) is 6.69. The van der Waals surface area contributed by atoms with Gasteiger partial charge in [0.1, 0.15) is 0 Å². The topological polar surface area (TPSA) is 68.2 Å². The highest BCUT2D eigenvalue weighted by molar-refractivity contribution is 6.71. The first-order chi connectivity index (χ1) is 11.0. The monoisotopic (exact) mass is 350 g/mol. The summed E-state index contributed by atoms with van der Waals surface area (Å²) in [6.07, 6.45) is 7.77. The van der Waals surface area contributed by atoms with Gasteiger partial charge in [-0.05, 0) is 25.6 Å². The maximum Gasteiger partial charge on any atom is 0.186 e. The largest absolute Gasteiger partial charge is 0.420 e. The standard InChI is InChI=1S/C17H38O5Si/c1-20-23(2,3)15-9-7-5-4-6-8-10-17(19)16-22-14-13-21-12-11-18/h17-19H,4-16H2,1-3H3. The quantitative estimate of drug-likeness (QED) is 0.312. The van der Waals surface area contributed by atoms with Crippen LogP contribution in [-0.2, 0) is 13.9 Å². The van der Waals surface area contributed by atoms with Crippen LogP contribution in [0.3, 0.4) is 0 Å². The van der Waals surface area contributed by atoms with E-state index in [0.29, 0.717) is 26.4 Å². The fourth-order valence-electron chi connectivity index (χ4n) is 2.33. The van der Waals surface area contributed by atoms with Gasteiger partial charge in [-0.25, -0.2) is 0 Å². The minimum absolute atomic E-state index is 0.0364. The smallest absolute Gasteiger partial charge is 0.186 e. The molecule has 0 saturated carbocycles. The first kappa shape index (κ1) is 23.0. The van der Waals surface area contributed by atoms with Crippen molar-refractivity contribution in [3.05, 3.63) is 0 Å². The maximum absolute atomic E-state index is 9.79. The average molecular weight is 351 g/mol. The van der Waals surface area contributed by atoms with Crippen LogP contribution in [0, 0.1) is 0 Å². The van der Waals surface area contributed by atoms with E-state index in [1.165, 1.54) is 38.1 Å². The van der Waals surface area contributed by atoms with Crippen LogP contribution >= 0.6 is 0 Å². The Bertz CT molecular complexity index is 251. The van der Waals surface area contributed by atoms with E-state index in [1.54, 1.807) is 0 Å². The first-order valence-corrected chi connectivity index (χ1v) is 12.1. The molecule has 0 heterocycles. The Morgan fingerprint density at radius 1 is 0.870 bits per heavy atom. The summed E-state index contributed by atoms with van der Waals surface area (Å²) in [6, 6.07) is 1.25. The van der Waals surface area contributed by atoms with Crippen LogP contribution in [0.4, 0.5) is 0 Å². The van der Waals surface area contributed by atoms with Gasteiger partial charge in [-0.3, -0.25) is 0 Å². The summed E-state index contributed by atoms with van der Waals surface area (Å²) >= 11 is 0. The Hall–Kier alpha value is 0.0169. The molecule has 5 nitrogen and oxygen atoms in total. The van der Waals surface area contributed by atoms with E-state index in [1.807, 2.05) is 7.11 Å². The lowest BCUT2D eigenvalue weighted by Crippen LogP contribution is -2.27. The Balaban J connectivity index is 3.25. The number of rotatable bonds is 17. The fraction of sp³-hybridized carbons (Fsp3) is 1.00. The zero-order chi connectivity index (χ0) is 17.4. The zero-order valence-corrected chi connectivity index (χ0v) is 16.4. The lowest BCUT2D eigenvalue weighted by atomic mass is 10.1. The molecule has 0 aromatic carbocycles. The third kappa shape index (κ3) is 16.7. The van der Waals surface area contributed by atoms with Crippen molar-refractivity contribution >= 4 is 8.32 Å².